The molecule has 0 aliphatic carbocycles. The SMILES string of the molecule is CNCC(C)(C)c1ccc(C)c(Cl)c1. The van der Waals surface area contributed by atoms with Crippen molar-refractivity contribution >= 4 is 11.6 Å². The zero-order chi connectivity index (χ0) is 10.8. The van der Waals surface area contributed by atoms with Gasteiger partial charge >= 0.3 is 0 Å². The molecular formula is C12H18ClN. The number of likely N-dealkylation sites (N-methyl/N-ethyl adjacent to an activating group) is 1. The monoisotopic (exact) mass is 211 g/mol. The normalized spacial score (nSPS) is 11.8. The Kier molecular flexibility index (Phi) is 3.57. The number of benzene rings is 1. The van der Waals surface area contributed by atoms with Gasteiger partial charge in [0.25, 0.3) is 0 Å². The van der Waals surface area contributed by atoms with Gasteiger partial charge in [-0.1, -0.05) is 37.6 Å². The van der Waals surface area contributed by atoms with Crippen molar-refractivity contribution in [2.75, 3.05) is 13.6 Å². The lowest BCUT2D eigenvalue weighted by molar-refractivity contribution is 0.494. The van der Waals surface area contributed by atoms with Gasteiger partial charge in [-0.25, -0.2) is 0 Å². The Morgan fingerprint density at radius 3 is 2.50 bits per heavy atom. The van der Waals surface area contributed by atoms with Crippen molar-refractivity contribution < 1.29 is 0 Å². The minimum Gasteiger partial charge on any atom is -0.319 e. The Hall–Kier alpha value is -0.530. The van der Waals surface area contributed by atoms with E-state index in [0.717, 1.165) is 17.1 Å². The van der Waals surface area contributed by atoms with E-state index in [4.69, 9.17) is 11.6 Å². The van der Waals surface area contributed by atoms with Crippen LogP contribution in [0.2, 0.25) is 5.02 Å². The first kappa shape index (κ1) is 11.5. The Morgan fingerprint density at radius 2 is 2.00 bits per heavy atom. The molecule has 0 fully saturated rings. The van der Waals surface area contributed by atoms with Crippen molar-refractivity contribution in [3.8, 4) is 0 Å². The summed E-state index contributed by atoms with van der Waals surface area (Å²) >= 11 is 6.10. The van der Waals surface area contributed by atoms with Crippen LogP contribution in [0.5, 0.6) is 0 Å². The average molecular weight is 212 g/mol. The minimum absolute atomic E-state index is 0.131. The van der Waals surface area contributed by atoms with Crippen LogP contribution in [-0.4, -0.2) is 13.6 Å². The lowest BCUT2D eigenvalue weighted by Crippen LogP contribution is -2.30. The van der Waals surface area contributed by atoms with E-state index in [2.05, 4.69) is 37.4 Å². The summed E-state index contributed by atoms with van der Waals surface area (Å²) in [5.74, 6) is 0. The van der Waals surface area contributed by atoms with Crippen molar-refractivity contribution in [1.82, 2.24) is 5.32 Å². The third kappa shape index (κ3) is 2.49. The first-order valence-electron chi connectivity index (χ1n) is 4.88. The van der Waals surface area contributed by atoms with Gasteiger partial charge in [0.1, 0.15) is 0 Å². The predicted molar refractivity (Wildman–Crippen MR) is 63.1 cm³/mol. The summed E-state index contributed by atoms with van der Waals surface area (Å²) in [7, 11) is 1.97. The van der Waals surface area contributed by atoms with Gasteiger partial charge in [-0.3, -0.25) is 0 Å². The van der Waals surface area contributed by atoms with E-state index in [-0.39, 0.29) is 5.41 Å². The van der Waals surface area contributed by atoms with Crippen LogP contribution in [0.3, 0.4) is 0 Å². The van der Waals surface area contributed by atoms with E-state index in [1.807, 2.05) is 14.0 Å². The number of hydrogen-bond donors (Lipinski definition) is 1. The number of halogens is 1. The molecule has 0 aliphatic rings. The van der Waals surface area contributed by atoms with Gasteiger partial charge in [-0.2, -0.15) is 0 Å². The highest BCUT2D eigenvalue weighted by Crippen LogP contribution is 2.26. The molecule has 0 radical (unpaired) electrons. The van der Waals surface area contributed by atoms with Crippen molar-refractivity contribution in [3.05, 3.63) is 34.3 Å². The molecule has 1 aromatic rings. The van der Waals surface area contributed by atoms with E-state index in [1.54, 1.807) is 0 Å². The fourth-order valence-electron chi connectivity index (χ4n) is 1.56. The summed E-state index contributed by atoms with van der Waals surface area (Å²) in [4.78, 5) is 0. The highest BCUT2D eigenvalue weighted by atomic mass is 35.5. The third-order valence-electron chi connectivity index (χ3n) is 2.57. The first-order valence-corrected chi connectivity index (χ1v) is 5.26. The fraction of sp³-hybridized carbons (Fsp3) is 0.500. The number of hydrogen-bond acceptors (Lipinski definition) is 1. The lowest BCUT2D eigenvalue weighted by Gasteiger charge is -2.25. The molecule has 0 spiro atoms. The lowest BCUT2D eigenvalue weighted by atomic mass is 9.84. The Labute approximate surface area is 91.5 Å². The molecule has 1 nitrogen and oxygen atoms in total. The highest BCUT2D eigenvalue weighted by molar-refractivity contribution is 6.31. The summed E-state index contributed by atoms with van der Waals surface area (Å²) in [5, 5.41) is 4.05. The maximum atomic E-state index is 6.10. The number of nitrogens with one attached hydrogen (secondary N) is 1. The predicted octanol–water partition coefficient (Wildman–Crippen LogP) is 3.15. The summed E-state index contributed by atoms with van der Waals surface area (Å²) < 4.78 is 0. The highest BCUT2D eigenvalue weighted by Gasteiger charge is 2.19. The van der Waals surface area contributed by atoms with Crippen molar-refractivity contribution in [3.63, 3.8) is 0 Å². The molecule has 0 saturated carbocycles. The van der Waals surface area contributed by atoms with Gasteiger partial charge in [0.2, 0.25) is 0 Å². The molecule has 1 N–H and O–H groups in total. The molecule has 2 heteroatoms. The van der Waals surface area contributed by atoms with Crippen molar-refractivity contribution in [1.29, 1.82) is 0 Å². The van der Waals surface area contributed by atoms with Gasteiger partial charge in [0.15, 0.2) is 0 Å². The molecular weight excluding hydrogens is 194 g/mol. The second kappa shape index (κ2) is 4.33. The van der Waals surface area contributed by atoms with E-state index in [1.165, 1.54) is 5.56 Å². The Morgan fingerprint density at radius 1 is 1.36 bits per heavy atom. The van der Waals surface area contributed by atoms with Crippen LogP contribution in [0.1, 0.15) is 25.0 Å². The topological polar surface area (TPSA) is 12.0 Å². The quantitative estimate of drug-likeness (QED) is 0.810. The van der Waals surface area contributed by atoms with Crippen LogP contribution in [0.4, 0.5) is 0 Å². The van der Waals surface area contributed by atoms with E-state index < -0.39 is 0 Å². The zero-order valence-electron chi connectivity index (χ0n) is 9.32. The maximum Gasteiger partial charge on any atom is 0.0438 e. The average Bonchev–Trinajstić information content (AvgIpc) is 2.09. The minimum atomic E-state index is 0.131. The van der Waals surface area contributed by atoms with Gasteiger partial charge in [0, 0.05) is 17.0 Å². The molecule has 0 unspecified atom stereocenters. The molecule has 0 bridgehead atoms. The van der Waals surface area contributed by atoms with E-state index in [9.17, 15) is 0 Å². The van der Waals surface area contributed by atoms with Crippen LogP contribution in [0.25, 0.3) is 0 Å². The van der Waals surface area contributed by atoms with E-state index in [0.29, 0.717) is 0 Å². The van der Waals surface area contributed by atoms with Crippen LogP contribution < -0.4 is 5.32 Å². The molecule has 0 aliphatic heterocycles. The Bertz CT molecular complexity index is 318. The second-order valence-electron chi connectivity index (χ2n) is 4.38. The molecule has 78 valence electrons. The summed E-state index contributed by atoms with van der Waals surface area (Å²) in [6.45, 7) is 7.40. The largest absolute Gasteiger partial charge is 0.319 e. The standard InChI is InChI=1S/C12H18ClN/c1-9-5-6-10(7-11(9)13)12(2,3)8-14-4/h5-7,14H,8H2,1-4H3. The maximum absolute atomic E-state index is 6.10. The second-order valence-corrected chi connectivity index (χ2v) is 4.79. The molecule has 1 aromatic carbocycles. The smallest absolute Gasteiger partial charge is 0.0438 e. The molecule has 0 heterocycles. The third-order valence-corrected chi connectivity index (χ3v) is 2.98. The van der Waals surface area contributed by atoms with Crippen molar-refractivity contribution in [2.24, 2.45) is 0 Å². The molecule has 0 atom stereocenters. The molecule has 0 aromatic heterocycles. The van der Waals surface area contributed by atoms with Gasteiger partial charge in [0.05, 0.1) is 0 Å². The Balaban J connectivity index is 3.01. The van der Waals surface area contributed by atoms with E-state index >= 15 is 0 Å². The molecule has 0 amide bonds. The molecule has 1 rings (SSSR count). The zero-order valence-corrected chi connectivity index (χ0v) is 10.1. The van der Waals surface area contributed by atoms with Crippen molar-refractivity contribution in [2.45, 2.75) is 26.2 Å². The fourth-order valence-corrected chi connectivity index (χ4v) is 1.74. The number of rotatable bonds is 3. The molecule has 14 heavy (non-hydrogen) atoms. The summed E-state index contributed by atoms with van der Waals surface area (Å²) in [6.07, 6.45) is 0. The first-order chi connectivity index (χ1) is 6.47. The van der Waals surface area contributed by atoms with Crippen LogP contribution in [-0.2, 0) is 5.41 Å². The van der Waals surface area contributed by atoms with Crippen LogP contribution >= 0.6 is 11.6 Å². The van der Waals surface area contributed by atoms with Gasteiger partial charge in [-0.15, -0.1) is 0 Å². The number of aryl methyl sites for hydroxylation is 1. The van der Waals surface area contributed by atoms with Crippen LogP contribution in [0, 0.1) is 6.92 Å². The summed E-state index contributed by atoms with van der Waals surface area (Å²) in [5.41, 5.74) is 2.55. The van der Waals surface area contributed by atoms with Crippen LogP contribution in [0.15, 0.2) is 18.2 Å². The van der Waals surface area contributed by atoms with Gasteiger partial charge in [-0.05, 0) is 31.2 Å². The van der Waals surface area contributed by atoms with Gasteiger partial charge < -0.3 is 5.32 Å². The summed E-state index contributed by atoms with van der Waals surface area (Å²) in [6, 6.07) is 6.29. The molecule has 0 saturated heterocycles.